The predicted molar refractivity (Wildman–Crippen MR) is 64.9 cm³/mol. The van der Waals surface area contributed by atoms with E-state index in [-0.39, 0.29) is 17.6 Å². The van der Waals surface area contributed by atoms with Gasteiger partial charge in [-0.3, -0.25) is 9.20 Å². The van der Waals surface area contributed by atoms with Crippen molar-refractivity contribution < 1.29 is 18.0 Å². The standard InChI is InChI=1S/C11H10F3N3OS/c12-11(13,14)6-17(7-1-2-7)9-8(5-18)16-3-4-19-10(16)15-9/h3-5,7H,1-2,6H2. The van der Waals surface area contributed by atoms with Gasteiger partial charge in [-0.25, -0.2) is 4.98 Å². The van der Waals surface area contributed by atoms with Gasteiger partial charge in [-0.1, -0.05) is 0 Å². The molecule has 8 heteroatoms. The fourth-order valence-electron chi connectivity index (χ4n) is 2.07. The van der Waals surface area contributed by atoms with Crippen molar-refractivity contribution >= 4 is 28.4 Å². The Labute approximate surface area is 110 Å². The molecule has 0 atom stereocenters. The highest BCUT2D eigenvalue weighted by Crippen LogP contribution is 2.36. The van der Waals surface area contributed by atoms with Gasteiger partial charge in [0.15, 0.2) is 17.1 Å². The number of alkyl halides is 3. The molecule has 1 saturated carbocycles. The van der Waals surface area contributed by atoms with Crippen molar-refractivity contribution in [3.05, 3.63) is 17.3 Å². The Morgan fingerprint density at radius 3 is 2.84 bits per heavy atom. The zero-order valence-electron chi connectivity index (χ0n) is 9.72. The molecule has 0 aromatic carbocycles. The van der Waals surface area contributed by atoms with E-state index < -0.39 is 12.7 Å². The minimum atomic E-state index is -4.31. The lowest BCUT2D eigenvalue weighted by Crippen LogP contribution is -2.36. The van der Waals surface area contributed by atoms with Gasteiger partial charge in [0.25, 0.3) is 0 Å². The molecule has 1 aliphatic rings. The van der Waals surface area contributed by atoms with E-state index in [1.165, 1.54) is 20.6 Å². The molecule has 0 aliphatic heterocycles. The number of halogens is 3. The van der Waals surface area contributed by atoms with Crippen molar-refractivity contribution in [2.45, 2.75) is 25.1 Å². The van der Waals surface area contributed by atoms with Gasteiger partial charge in [0.05, 0.1) is 0 Å². The summed E-state index contributed by atoms with van der Waals surface area (Å²) >= 11 is 1.29. The van der Waals surface area contributed by atoms with Crippen LogP contribution in [0.4, 0.5) is 19.0 Å². The normalized spacial score (nSPS) is 15.9. The Bertz CT molecular complexity index is 614. The van der Waals surface area contributed by atoms with Crippen LogP contribution in [-0.2, 0) is 0 Å². The van der Waals surface area contributed by atoms with Gasteiger partial charge in [0.1, 0.15) is 12.2 Å². The summed E-state index contributed by atoms with van der Waals surface area (Å²) < 4.78 is 39.4. The number of aromatic nitrogens is 2. The monoisotopic (exact) mass is 289 g/mol. The number of carbonyl (C=O) groups excluding carboxylic acids is 1. The highest BCUT2D eigenvalue weighted by atomic mass is 32.1. The van der Waals surface area contributed by atoms with Gasteiger partial charge in [0, 0.05) is 17.6 Å². The Balaban J connectivity index is 2.04. The maximum absolute atomic E-state index is 12.6. The van der Waals surface area contributed by atoms with Gasteiger partial charge >= 0.3 is 6.18 Å². The number of imidazole rings is 1. The first-order valence-electron chi connectivity index (χ1n) is 5.74. The first kappa shape index (κ1) is 12.5. The number of anilines is 1. The second-order valence-electron chi connectivity index (χ2n) is 4.47. The lowest BCUT2D eigenvalue weighted by molar-refractivity contribution is -0.120. The Kier molecular flexibility index (Phi) is 2.77. The molecule has 2 heterocycles. The van der Waals surface area contributed by atoms with Gasteiger partial charge < -0.3 is 4.90 Å². The van der Waals surface area contributed by atoms with Crippen LogP contribution in [-0.4, -0.2) is 34.4 Å². The van der Waals surface area contributed by atoms with Crippen molar-refractivity contribution in [2.24, 2.45) is 0 Å². The van der Waals surface area contributed by atoms with Gasteiger partial charge in [-0.05, 0) is 12.8 Å². The summed E-state index contributed by atoms with van der Waals surface area (Å²) in [5.41, 5.74) is 0.187. The smallest absolute Gasteiger partial charge is 0.343 e. The molecule has 1 aliphatic carbocycles. The van der Waals surface area contributed by atoms with E-state index >= 15 is 0 Å². The third kappa shape index (κ3) is 2.32. The van der Waals surface area contributed by atoms with Gasteiger partial charge in [0.2, 0.25) is 0 Å². The van der Waals surface area contributed by atoms with E-state index in [4.69, 9.17) is 0 Å². The number of thiazole rings is 1. The summed E-state index contributed by atoms with van der Waals surface area (Å²) in [5, 5.41) is 1.74. The maximum atomic E-state index is 12.6. The second-order valence-corrected chi connectivity index (χ2v) is 5.34. The lowest BCUT2D eigenvalue weighted by atomic mass is 10.3. The van der Waals surface area contributed by atoms with Crippen LogP contribution in [0.5, 0.6) is 0 Å². The second kappa shape index (κ2) is 4.22. The Morgan fingerprint density at radius 2 is 2.26 bits per heavy atom. The van der Waals surface area contributed by atoms with E-state index in [0.29, 0.717) is 24.1 Å². The molecule has 0 saturated heterocycles. The molecular weight excluding hydrogens is 279 g/mol. The number of nitrogens with zero attached hydrogens (tertiary/aromatic N) is 3. The fraction of sp³-hybridized carbons (Fsp3) is 0.455. The van der Waals surface area contributed by atoms with Crippen LogP contribution in [0.2, 0.25) is 0 Å². The van der Waals surface area contributed by atoms with Crippen LogP contribution in [0.25, 0.3) is 4.96 Å². The molecule has 2 aromatic heterocycles. The molecule has 4 nitrogen and oxygen atoms in total. The quantitative estimate of drug-likeness (QED) is 0.812. The van der Waals surface area contributed by atoms with Crippen LogP contribution in [0.1, 0.15) is 23.3 Å². The lowest BCUT2D eigenvalue weighted by Gasteiger charge is -2.23. The van der Waals surface area contributed by atoms with E-state index in [9.17, 15) is 18.0 Å². The number of rotatable bonds is 4. The molecule has 0 bridgehead atoms. The number of carbonyl (C=O) groups is 1. The SMILES string of the molecule is O=Cc1c(N(CC(F)(F)F)C2CC2)nc2sccn12. The van der Waals surface area contributed by atoms with Crippen molar-refractivity contribution in [1.82, 2.24) is 9.38 Å². The molecular formula is C11H10F3N3OS. The molecule has 102 valence electrons. The summed E-state index contributed by atoms with van der Waals surface area (Å²) in [7, 11) is 0. The van der Waals surface area contributed by atoms with Crippen molar-refractivity contribution in [1.29, 1.82) is 0 Å². The molecule has 1 fully saturated rings. The summed E-state index contributed by atoms with van der Waals surface area (Å²) in [5.74, 6) is 0.140. The van der Waals surface area contributed by atoms with Crippen molar-refractivity contribution in [3.8, 4) is 0 Å². The number of fused-ring (bicyclic) bond motifs is 1. The van der Waals surface area contributed by atoms with Crippen LogP contribution in [0, 0.1) is 0 Å². The third-order valence-corrected chi connectivity index (χ3v) is 3.76. The third-order valence-electron chi connectivity index (χ3n) is 3.00. The largest absolute Gasteiger partial charge is 0.405 e. The molecule has 2 aromatic rings. The first-order chi connectivity index (χ1) is 8.99. The minimum absolute atomic E-state index is 0.140. The average Bonchev–Trinajstić information content (AvgIpc) is 2.95. The van der Waals surface area contributed by atoms with Crippen LogP contribution < -0.4 is 4.90 Å². The summed E-state index contributed by atoms with van der Waals surface area (Å²) in [6, 6.07) is -0.162. The van der Waals surface area contributed by atoms with E-state index in [0.717, 1.165) is 0 Å². The van der Waals surface area contributed by atoms with Gasteiger partial charge in [-0.15, -0.1) is 11.3 Å². The predicted octanol–water partition coefficient (Wildman–Crippen LogP) is 2.74. The van der Waals surface area contributed by atoms with Crippen LogP contribution in [0.3, 0.4) is 0 Å². The molecule has 0 radical (unpaired) electrons. The Hall–Kier alpha value is -1.57. The topological polar surface area (TPSA) is 37.6 Å². The minimum Gasteiger partial charge on any atom is -0.343 e. The number of hydrogen-bond donors (Lipinski definition) is 0. The number of hydrogen-bond acceptors (Lipinski definition) is 4. The summed E-state index contributed by atoms with van der Waals surface area (Å²) in [4.78, 5) is 17.0. The molecule has 0 amide bonds. The summed E-state index contributed by atoms with van der Waals surface area (Å²) in [6.07, 6.45) is -0.689. The highest BCUT2D eigenvalue weighted by molar-refractivity contribution is 7.15. The zero-order chi connectivity index (χ0) is 13.6. The van der Waals surface area contributed by atoms with Crippen LogP contribution in [0.15, 0.2) is 11.6 Å². The Morgan fingerprint density at radius 1 is 1.53 bits per heavy atom. The van der Waals surface area contributed by atoms with Crippen molar-refractivity contribution in [2.75, 3.05) is 11.4 Å². The maximum Gasteiger partial charge on any atom is 0.405 e. The van der Waals surface area contributed by atoms with E-state index in [1.807, 2.05) is 0 Å². The van der Waals surface area contributed by atoms with E-state index in [2.05, 4.69) is 4.98 Å². The molecule has 0 unspecified atom stereocenters. The van der Waals surface area contributed by atoms with Gasteiger partial charge in [-0.2, -0.15) is 13.2 Å². The summed E-state index contributed by atoms with van der Waals surface area (Å²) in [6.45, 7) is -1.07. The zero-order valence-corrected chi connectivity index (χ0v) is 10.5. The first-order valence-corrected chi connectivity index (χ1v) is 6.61. The number of aldehydes is 1. The average molecular weight is 289 g/mol. The fourth-order valence-corrected chi connectivity index (χ4v) is 2.79. The molecule has 19 heavy (non-hydrogen) atoms. The molecule has 3 rings (SSSR count). The highest BCUT2D eigenvalue weighted by Gasteiger charge is 2.40. The van der Waals surface area contributed by atoms with Crippen LogP contribution >= 0.6 is 11.3 Å². The molecule has 0 N–H and O–H groups in total. The van der Waals surface area contributed by atoms with E-state index in [1.54, 1.807) is 11.6 Å². The molecule has 0 spiro atoms. The van der Waals surface area contributed by atoms with Crippen molar-refractivity contribution in [3.63, 3.8) is 0 Å².